The average Bonchev–Trinajstić information content (AvgIpc) is 3.08. The monoisotopic (exact) mass is 438 g/mol. The topological polar surface area (TPSA) is 26.3 Å². The van der Waals surface area contributed by atoms with Gasteiger partial charge in [-0.25, -0.2) is 0 Å². The molecule has 0 saturated heterocycles. The van der Waals surface area contributed by atoms with Gasteiger partial charge in [0, 0.05) is 6.92 Å². The predicted octanol–water partition coefficient (Wildman–Crippen LogP) is 8.05. The zero-order valence-electron chi connectivity index (χ0n) is 21.7. The molecule has 0 N–H and O–H groups in total. The third kappa shape index (κ3) is 4.05. The molecular formula is C30H46O2. The molecule has 178 valence electrons. The van der Waals surface area contributed by atoms with E-state index in [-0.39, 0.29) is 12.1 Å². The number of fused-ring (bicyclic) bond motifs is 4. The van der Waals surface area contributed by atoms with Crippen LogP contribution in [0.2, 0.25) is 0 Å². The first kappa shape index (κ1) is 23.8. The summed E-state index contributed by atoms with van der Waals surface area (Å²) in [5, 5.41) is 0. The Labute approximate surface area is 197 Å². The molecule has 0 heterocycles. The van der Waals surface area contributed by atoms with Gasteiger partial charge in [-0.05, 0) is 103 Å². The fourth-order valence-electron chi connectivity index (χ4n) is 7.70. The highest BCUT2D eigenvalue weighted by Crippen LogP contribution is 2.64. The molecule has 1 fully saturated rings. The van der Waals surface area contributed by atoms with Crippen molar-refractivity contribution in [3.05, 3.63) is 34.9 Å². The van der Waals surface area contributed by atoms with Crippen LogP contribution in [0.4, 0.5) is 0 Å². The Hall–Kier alpha value is -1.31. The minimum atomic E-state index is -0.115. The largest absolute Gasteiger partial charge is 0.463 e. The van der Waals surface area contributed by atoms with Crippen LogP contribution < -0.4 is 0 Å². The van der Waals surface area contributed by atoms with E-state index in [4.69, 9.17) is 4.74 Å². The zero-order chi connectivity index (χ0) is 23.3. The molecule has 4 aliphatic carbocycles. The highest BCUT2D eigenvalue weighted by molar-refractivity contribution is 5.66. The lowest BCUT2D eigenvalue weighted by Gasteiger charge is -2.54. The summed E-state index contributed by atoms with van der Waals surface area (Å²) in [7, 11) is 0. The molecule has 4 rings (SSSR count). The van der Waals surface area contributed by atoms with Gasteiger partial charge in [0.05, 0.1) is 0 Å². The second-order valence-electron chi connectivity index (χ2n) is 12.3. The highest BCUT2D eigenvalue weighted by Gasteiger charge is 2.53. The van der Waals surface area contributed by atoms with Crippen LogP contribution in [0.25, 0.3) is 0 Å². The quantitative estimate of drug-likeness (QED) is 0.320. The smallest absolute Gasteiger partial charge is 0.302 e. The van der Waals surface area contributed by atoms with E-state index < -0.39 is 0 Å². The molecule has 1 saturated carbocycles. The van der Waals surface area contributed by atoms with Crippen molar-refractivity contribution in [3.63, 3.8) is 0 Å². The van der Waals surface area contributed by atoms with E-state index in [1.54, 1.807) is 23.6 Å². The second-order valence-corrected chi connectivity index (χ2v) is 12.3. The number of rotatable bonds is 5. The van der Waals surface area contributed by atoms with E-state index in [0.29, 0.717) is 34.5 Å². The molecule has 32 heavy (non-hydrogen) atoms. The molecule has 0 radical (unpaired) electrons. The van der Waals surface area contributed by atoms with Gasteiger partial charge in [-0.15, -0.1) is 0 Å². The van der Waals surface area contributed by atoms with Crippen molar-refractivity contribution in [2.75, 3.05) is 0 Å². The molecule has 0 aliphatic heterocycles. The molecule has 2 heteroatoms. The molecule has 0 aromatic rings. The number of carbonyl (C=O) groups excluding carboxylic acids is 1. The molecule has 4 aliphatic rings. The standard InChI is InChI=1S/C30H46O2/c1-19(2)20(3)8-9-21(4)26-12-13-27-25-11-10-23-18-24(32-22(5)31)14-16-29(23,6)28(25)15-17-30(26,27)7/h8-9,13,19-21,23-24,26H,10-12,14-18H2,1-7H3/b9-8+/t20-,21+,23+,24+,26+,29-,30+/m0/s1. The maximum atomic E-state index is 11.5. The number of hydrogen-bond acceptors (Lipinski definition) is 2. The van der Waals surface area contributed by atoms with Crippen molar-refractivity contribution in [3.8, 4) is 0 Å². The van der Waals surface area contributed by atoms with Gasteiger partial charge in [-0.2, -0.15) is 0 Å². The number of ether oxygens (including phenoxy) is 1. The zero-order valence-corrected chi connectivity index (χ0v) is 21.7. The Morgan fingerprint density at radius 1 is 1.06 bits per heavy atom. The molecule has 0 aromatic heterocycles. The Morgan fingerprint density at radius 2 is 1.81 bits per heavy atom. The first-order valence-electron chi connectivity index (χ1n) is 13.3. The summed E-state index contributed by atoms with van der Waals surface area (Å²) in [5.74, 6) is 3.27. The van der Waals surface area contributed by atoms with E-state index >= 15 is 0 Å². The van der Waals surface area contributed by atoms with Crippen LogP contribution >= 0.6 is 0 Å². The summed E-state index contributed by atoms with van der Waals surface area (Å²) in [4.78, 5) is 11.5. The summed E-state index contributed by atoms with van der Waals surface area (Å²) in [6.07, 6.45) is 17.3. The van der Waals surface area contributed by atoms with Crippen LogP contribution in [-0.2, 0) is 9.53 Å². The molecule has 0 amide bonds. The van der Waals surface area contributed by atoms with E-state index in [0.717, 1.165) is 18.8 Å². The maximum Gasteiger partial charge on any atom is 0.302 e. The fraction of sp³-hybridized carbons (Fsp3) is 0.767. The van der Waals surface area contributed by atoms with Crippen LogP contribution in [0, 0.1) is 40.4 Å². The molecule has 0 spiro atoms. The first-order chi connectivity index (χ1) is 15.1. The Balaban J connectivity index is 1.54. The molecular weight excluding hydrogens is 392 g/mol. The van der Waals surface area contributed by atoms with Crippen molar-refractivity contribution in [1.82, 2.24) is 0 Å². The van der Waals surface area contributed by atoms with E-state index in [2.05, 4.69) is 59.8 Å². The van der Waals surface area contributed by atoms with E-state index in [1.807, 2.05) is 0 Å². The molecule has 2 nitrogen and oxygen atoms in total. The van der Waals surface area contributed by atoms with Gasteiger partial charge in [-0.3, -0.25) is 4.79 Å². The maximum absolute atomic E-state index is 11.5. The number of esters is 1. The SMILES string of the molecule is CC(=O)O[C@@H]1CC[C@]2(C)C3=C(CC[C@@H]2C1)C1=CC[C@H]([C@H](C)/C=C/[C@H](C)C(C)C)[C@@]1(C)CC3. The summed E-state index contributed by atoms with van der Waals surface area (Å²) in [6.45, 7) is 16.1. The van der Waals surface area contributed by atoms with E-state index in [1.165, 1.54) is 38.5 Å². The normalized spacial score (nSPS) is 38.8. The van der Waals surface area contributed by atoms with Gasteiger partial charge in [0.1, 0.15) is 6.10 Å². The Morgan fingerprint density at radius 3 is 2.50 bits per heavy atom. The minimum absolute atomic E-state index is 0.115. The molecule has 7 atom stereocenters. The molecule has 0 bridgehead atoms. The van der Waals surface area contributed by atoms with Crippen molar-refractivity contribution in [2.24, 2.45) is 40.4 Å². The second kappa shape index (κ2) is 8.80. The van der Waals surface area contributed by atoms with Crippen LogP contribution in [-0.4, -0.2) is 12.1 Å². The van der Waals surface area contributed by atoms with Crippen LogP contribution in [0.1, 0.15) is 99.8 Å². The van der Waals surface area contributed by atoms with Gasteiger partial charge >= 0.3 is 5.97 Å². The van der Waals surface area contributed by atoms with Crippen LogP contribution in [0.3, 0.4) is 0 Å². The van der Waals surface area contributed by atoms with Gasteiger partial charge < -0.3 is 4.74 Å². The highest BCUT2D eigenvalue weighted by atomic mass is 16.5. The Kier molecular flexibility index (Phi) is 6.56. The summed E-state index contributed by atoms with van der Waals surface area (Å²) in [5.41, 5.74) is 5.86. The van der Waals surface area contributed by atoms with Crippen LogP contribution in [0.15, 0.2) is 34.9 Å². The van der Waals surface area contributed by atoms with Crippen molar-refractivity contribution in [1.29, 1.82) is 0 Å². The number of allylic oxidation sites excluding steroid dienone is 6. The van der Waals surface area contributed by atoms with Crippen molar-refractivity contribution < 1.29 is 9.53 Å². The van der Waals surface area contributed by atoms with Gasteiger partial charge in [0.25, 0.3) is 0 Å². The number of carbonyl (C=O) groups is 1. The third-order valence-corrected chi connectivity index (χ3v) is 10.2. The lowest BCUT2D eigenvalue weighted by molar-refractivity contribution is -0.150. The lowest BCUT2D eigenvalue weighted by Crippen LogP contribution is -2.44. The van der Waals surface area contributed by atoms with E-state index in [9.17, 15) is 4.79 Å². The number of hydrogen-bond donors (Lipinski definition) is 0. The summed E-state index contributed by atoms with van der Waals surface area (Å²) >= 11 is 0. The third-order valence-electron chi connectivity index (χ3n) is 10.2. The fourth-order valence-corrected chi connectivity index (χ4v) is 7.70. The van der Waals surface area contributed by atoms with Gasteiger partial charge in [-0.1, -0.05) is 65.3 Å². The van der Waals surface area contributed by atoms with Gasteiger partial charge in [0.2, 0.25) is 0 Å². The predicted molar refractivity (Wildman–Crippen MR) is 133 cm³/mol. The minimum Gasteiger partial charge on any atom is -0.463 e. The average molecular weight is 439 g/mol. The molecule has 0 unspecified atom stereocenters. The lowest BCUT2D eigenvalue weighted by atomic mass is 9.51. The van der Waals surface area contributed by atoms with Crippen molar-refractivity contribution in [2.45, 2.75) is 106 Å². The van der Waals surface area contributed by atoms with Gasteiger partial charge in [0.15, 0.2) is 0 Å². The Bertz CT molecular complexity index is 830. The van der Waals surface area contributed by atoms with Crippen LogP contribution in [0.5, 0.6) is 0 Å². The first-order valence-corrected chi connectivity index (χ1v) is 13.3. The summed E-state index contributed by atoms with van der Waals surface area (Å²) < 4.78 is 5.63. The molecule has 0 aromatic carbocycles. The summed E-state index contributed by atoms with van der Waals surface area (Å²) in [6, 6.07) is 0. The van der Waals surface area contributed by atoms with Crippen molar-refractivity contribution >= 4 is 5.97 Å².